The summed E-state index contributed by atoms with van der Waals surface area (Å²) in [4.78, 5) is 21.3. The Morgan fingerprint density at radius 2 is 1.88 bits per heavy atom. The molecule has 1 aliphatic carbocycles. The number of benzene rings is 2. The minimum absolute atomic E-state index is 0.0707. The van der Waals surface area contributed by atoms with E-state index in [0.29, 0.717) is 31.2 Å². The normalized spacial score (nSPS) is 25.7. The van der Waals surface area contributed by atoms with Crippen LogP contribution < -0.4 is 14.8 Å². The lowest BCUT2D eigenvalue weighted by atomic mass is 9.94. The van der Waals surface area contributed by atoms with E-state index in [0.717, 1.165) is 41.8 Å². The van der Waals surface area contributed by atoms with Gasteiger partial charge in [0, 0.05) is 27.7 Å². The molecule has 3 atom stereocenters. The number of carbonyl (C=O) groups is 1. The molecule has 216 valence electrons. The summed E-state index contributed by atoms with van der Waals surface area (Å²) in [5.41, 5.74) is 0.173. The molecule has 3 aromatic rings. The maximum Gasteiger partial charge on any atom is 0.236 e. The van der Waals surface area contributed by atoms with Crippen LogP contribution in [0.1, 0.15) is 75.9 Å². The van der Waals surface area contributed by atoms with E-state index in [2.05, 4.69) is 42.9 Å². The molecule has 6 rings (SSSR count). The highest BCUT2D eigenvalue weighted by molar-refractivity contribution is 7.15. The Morgan fingerprint density at radius 3 is 2.59 bits per heavy atom. The Balaban J connectivity index is 1.29. The molecule has 1 saturated carbocycles. The van der Waals surface area contributed by atoms with Crippen LogP contribution in [0.3, 0.4) is 0 Å². The van der Waals surface area contributed by atoms with Crippen molar-refractivity contribution in [1.82, 2.24) is 9.88 Å². The minimum atomic E-state index is -1.08. The van der Waals surface area contributed by atoms with Crippen molar-refractivity contribution in [2.45, 2.75) is 81.1 Å². The van der Waals surface area contributed by atoms with Crippen LogP contribution in [0.15, 0.2) is 48.7 Å². The number of halogens is 1. The van der Waals surface area contributed by atoms with Gasteiger partial charge in [0.2, 0.25) is 12.7 Å². The van der Waals surface area contributed by atoms with Crippen LogP contribution in [0.25, 0.3) is 0 Å². The van der Waals surface area contributed by atoms with Gasteiger partial charge in [-0.05, 0) is 60.6 Å². The van der Waals surface area contributed by atoms with E-state index in [4.69, 9.17) is 21.1 Å². The van der Waals surface area contributed by atoms with Gasteiger partial charge in [0.05, 0.1) is 21.0 Å². The Labute approximate surface area is 253 Å². The van der Waals surface area contributed by atoms with Crippen molar-refractivity contribution in [3.8, 4) is 11.5 Å². The maximum atomic E-state index is 13.6. The molecular weight excluding hydrogens is 574 g/mol. The third kappa shape index (κ3) is 5.10. The summed E-state index contributed by atoms with van der Waals surface area (Å²) in [5, 5.41) is 16.2. The molecule has 2 radical (unpaired) electrons. The standard InChI is InChI=1S/C31H36ClN3O4SSi/c1-28(2,3)41-29(4)14-15-35(30(29,5)37)25(20-8-6-7-9-21(20)32)24-17-33-27(40-24)34-26(36)31(12-13-31)19-10-11-22-23(16-19)39-18-38-22/h6-11,16-17,25,37H,12-15,18H2,1-5H3,(H,33,34,36)/t25-,29?,30?/m1/s1. The highest BCUT2D eigenvalue weighted by Crippen LogP contribution is 2.57. The molecule has 2 aliphatic heterocycles. The highest BCUT2D eigenvalue weighted by Gasteiger charge is 2.56. The summed E-state index contributed by atoms with van der Waals surface area (Å²) in [6, 6.07) is 13.2. The van der Waals surface area contributed by atoms with Gasteiger partial charge in [0.25, 0.3) is 0 Å². The number of rotatable bonds is 7. The number of aromatic nitrogens is 1. The first-order chi connectivity index (χ1) is 19.3. The lowest BCUT2D eigenvalue weighted by Crippen LogP contribution is -2.51. The number of nitrogens with one attached hydrogen (secondary N) is 1. The number of fused-ring (bicyclic) bond motifs is 1. The molecule has 0 bridgehead atoms. The molecule has 41 heavy (non-hydrogen) atoms. The SMILES string of the molecule is CC(C)(C)[Si]C1(C)CCN([C@@H](c2cnc(NC(=O)C3(c4ccc5c(c4)OCO5)CC3)s2)c2ccccc2Cl)C1(C)O. The third-order valence-electron chi connectivity index (χ3n) is 8.74. The third-order valence-corrected chi connectivity index (χ3v) is 12.1. The van der Waals surface area contributed by atoms with Gasteiger partial charge in [-0.2, -0.15) is 0 Å². The van der Waals surface area contributed by atoms with Crippen LogP contribution in [0.4, 0.5) is 5.13 Å². The van der Waals surface area contributed by atoms with Crippen molar-refractivity contribution in [1.29, 1.82) is 0 Å². The second-order valence-electron chi connectivity index (χ2n) is 12.8. The van der Waals surface area contributed by atoms with Crippen molar-refractivity contribution in [3.05, 3.63) is 69.7 Å². The van der Waals surface area contributed by atoms with E-state index in [1.54, 1.807) is 0 Å². The molecule has 1 saturated heterocycles. The van der Waals surface area contributed by atoms with Crippen molar-refractivity contribution in [2.75, 3.05) is 18.7 Å². The van der Waals surface area contributed by atoms with Crippen molar-refractivity contribution in [2.24, 2.45) is 0 Å². The molecule has 3 heterocycles. The fourth-order valence-corrected chi connectivity index (χ4v) is 9.79. The molecule has 0 spiro atoms. The number of hydrogen-bond donors (Lipinski definition) is 2. The highest BCUT2D eigenvalue weighted by atomic mass is 35.5. The number of ether oxygens (including phenoxy) is 2. The van der Waals surface area contributed by atoms with Crippen LogP contribution in [0.2, 0.25) is 15.1 Å². The smallest absolute Gasteiger partial charge is 0.236 e. The van der Waals surface area contributed by atoms with E-state index < -0.39 is 11.1 Å². The predicted molar refractivity (Wildman–Crippen MR) is 163 cm³/mol. The summed E-state index contributed by atoms with van der Waals surface area (Å²) in [7, 11) is 0.570. The first kappa shape index (κ1) is 28.7. The Kier molecular flexibility index (Phi) is 7.06. The fraction of sp³-hybridized carbons (Fsp3) is 0.484. The van der Waals surface area contributed by atoms with Gasteiger partial charge in [-0.1, -0.05) is 74.9 Å². The fourth-order valence-electron chi connectivity index (χ4n) is 6.33. The van der Waals surface area contributed by atoms with E-state index >= 15 is 0 Å². The molecule has 2 N–H and O–H groups in total. The molecule has 2 unspecified atom stereocenters. The summed E-state index contributed by atoms with van der Waals surface area (Å²) in [5.74, 6) is 1.31. The Bertz CT molecular complexity index is 1480. The Hall–Kier alpha value is -2.43. The number of thiazole rings is 1. The second-order valence-corrected chi connectivity index (χ2v) is 17.1. The number of aliphatic hydroxyl groups is 1. The molecule has 2 aromatic carbocycles. The molecule has 2 fully saturated rings. The minimum Gasteiger partial charge on any atom is -0.454 e. The van der Waals surface area contributed by atoms with Crippen molar-refractivity contribution < 1.29 is 19.4 Å². The van der Waals surface area contributed by atoms with E-state index in [9.17, 15) is 9.90 Å². The summed E-state index contributed by atoms with van der Waals surface area (Å²) in [6.07, 6.45) is 4.22. The summed E-state index contributed by atoms with van der Waals surface area (Å²) >= 11 is 8.21. The number of anilines is 1. The lowest BCUT2D eigenvalue weighted by molar-refractivity contribution is -0.118. The van der Waals surface area contributed by atoms with Crippen LogP contribution in [0, 0.1) is 0 Å². The number of amides is 1. The summed E-state index contributed by atoms with van der Waals surface area (Å²) in [6.45, 7) is 11.7. The van der Waals surface area contributed by atoms with Gasteiger partial charge in [0.15, 0.2) is 16.6 Å². The molecule has 3 aliphatic rings. The van der Waals surface area contributed by atoms with E-state index in [1.807, 2.05) is 55.6 Å². The number of hydrogen-bond acceptors (Lipinski definition) is 7. The van der Waals surface area contributed by atoms with Crippen molar-refractivity contribution >= 4 is 43.5 Å². The molecule has 7 nitrogen and oxygen atoms in total. The zero-order valence-electron chi connectivity index (χ0n) is 24.1. The van der Waals surface area contributed by atoms with Gasteiger partial charge < -0.3 is 19.9 Å². The summed E-state index contributed by atoms with van der Waals surface area (Å²) < 4.78 is 11.0. The average molecular weight is 610 g/mol. The monoisotopic (exact) mass is 609 g/mol. The van der Waals surface area contributed by atoms with Crippen LogP contribution in [-0.2, 0) is 10.2 Å². The topological polar surface area (TPSA) is 83.9 Å². The predicted octanol–water partition coefficient (Wildman–Crippen LogP) is 6.80. The Morgan fingerprint density at radius 1 is 1.15 bits per heavy atom. The van der Waals surface area contributed by atoms with E-state index in [-0.39, 0.29) is 28.8 Å². The zero-order valence-corrected chi connectivity index (χ0v) is 26.7. The van der Waals surface area contributed by atoms with E-state index in [1.165, 1.54) is 11.3 Å². The zero-order chi connectivity index (χ0) is 29.2. The van der Waals surface area contributed by atoms with Crippen LogP contribution in [0.5, 0.6) is 11.5 Å². The first-order valence-electron chi connectivity index (χ1n) is 14.0. The second kappa shape index (κ2) is 10.1. The van der Waals surface area contributed by atoms with Crippen molar-refractivity contribution in [3.63, 3.8) is 0 Å². The molecule has 1 aromatic heterocycles. The quantitative estimate of drug-likeness (QED) is 0.287. The molecule has 10 heteroatoms. The van der Waals surface area contributed by atoms with Gasteiger partial charge in [-0.25, -0.2) is 4.98 Å². The average Bonchev–Trinajstić information content (AvgIpc) is 3.25. The van der Waals surface area contributed by atoms with Gasteiger partial charge >= 0.3 is 0 Å². The largest absolute Gasteiger partial charge is 0.454 e. The van der Waals surface area contributed by atoms with Crippen LogP contribution in [-0.4, -0.2) is 49.5 Å². The first-order valence-corrected chi connectivity index (χ1v) is 16.2. The van der Waals surface area contributed by atoms with Crippen LogP contribution >= 0.6 is 22.9 Å². The number of likely N-dealkylation sites (tertiary alicyclic amines) is 1. The number of nitrogens with zero attached hydrogens (tertiary/aromatic N) is 2. The number of carbonyl (C=O) groups excluding carboxylic acids is 1. The van der Waals surface area contributed by atoms with Gasteiger partial charge in [-0.15, -0.1) is 0 Å². The lowest BCUT2D eigenvalue weighted by Gasteiger charge is -2.46. The molecule has 1 amide bonds. The van der Waals surface area contributed by atoms with Gasteiger partial charge in [-0.3, -0.25) is 9.69 Å². The molecular formula is C31H36ClN3O4SSi. The van der Waals surface area contributed by atoms with Gasteiger partial charge in [0.1, 0.15) is 5.72 Å². The maximum absolute atomic E-state index is 13.6.